The van der Waals surface area contributed by atoms with E-state index in [1.807, 2.05) is 0 Å². The lowest BCUT2D eigenvalue weighted by atomic mass is 10.0. The van der Waals surface area contributed by atoms with Crippen LogP contribution in [0.2, 0.25) is 0 Å². The molecule has 0 radical (unpaired) electrons. The molecule has 3 aromatic heterocycles. The van der Waals surface area contributed by atoms with Gasteiger partial charge in [-0.05, 0) is 69.1 Å². The van der Waals surface area contributed by atoms with Crippen LogP contribution in [0.5, 0.6) is 0 Å². The molecule has 50 heavy (non-hydrogen) atoms. The summed E-state index contributed by atoms with van der Waals surface area (Å²) < 4.78 is 4.98. The number of rotatable bonds is 2. The van der Waals surface area contributed by atoms with E-state index >= 15 is 0 Å². The van der Waals surface area contributed by atoms with Gasteiger partial charge < -0.3 is 8.97 Å². The minimum Gasteiger partial charge on any atom is -0.309 e. The number of aromatic nitrogens is 2. The van der Waals surface area contributed by atoms with Gasteiger partial charge in [0.05, 0.1) is 27.6 Å². The highest BCUT2D eigenvalue weighted by molar-refractivity contribution is 6.27. The Morgan fingerprint density at radius 3 is 1.40 bits per heavy atom. The van der Waals surface area contributed by atoms with E-state index in [9.17, 15) is 0 Å². The molecular formula is C48H30N2. The van der Waals surface area contributed by atoms with Crippen LogP contribution in [0.4, 0.5) is 0 Å². The number of hydrogen-bond donors (Lipinski definition) is 0. The average molecular weight is 635 g/mol. The van der Waals surface area contributed by atoms with Crippen molar-refractivity contribution in [2.24, 2.45) is 0 Å². The van der Waals surface area contributed by atoms with Crippen molar-refractivity contribution in [3.63, 3.8) is 0 Å². The van der Waals surface area contributed by atoms with Gasteiger partial charge in [0.1, 0.15) is 0 Å². The molecule has 0 atom stereocenters. The van der Waals surface area contributed by atoms with E-state index < -0.39 is 0 Å². The van der Waals surface area contributed by atoms with Crippen molar-refractivity contribution >= 4 is 81.4 Å². The van der Waals surface area contributed by atoms with Crippen LogP contribution in [-0.2, 0) is 0 Å². The van der Waals surface area contributed by atoms with Crippen LogP contribution in [0.1, 0.15) is 0 Å². The molecule has 0 spiro atoms. The minimum atomic E-state index is 1.15. The summed E-state index contributed by atoms with van der Waals surface area (Å²) in [5.41, 5.74) is 9.63. The molecule has 8 aromatic carbocycles. The van der Waals surface area contributed by atoms with Crippen molar-refractivity contribution in [1.29, 1.82) is 0 Å². The fraction of sp³-hybridized carbons (Fsp3) is 0. The molecule has 0 saturated heterocycles. The van der Waals surface area contributed by atoms with E-state index in [0.717, 1.165) is 5.69 Å². The van der Waals surface area contributed by atoms with Crippen molar-refractivity contribution in [3.05, 3.63) is 182 Å². The van der Waals surface area contributed by atoms with Crippen molar-refractivity contribution in [2.45, 2.75) is 0 Å². The largest absolute Gasteiger partial charge is 0.309 e. The van der Waals surface area contributed by atoms with Crippen LogP contribution in [0, 0.1) is 0 Å². The first-order valence-electron chi connectivity index (χ1n) is 17.3. The van der Waals surface area contributed by atoms with E-state index in [4.69, 9.17) is 0 Å². The first kappa shape index (κ1) is 27.3. The Bertz CT molecular complexity index is 3180. The van der Waals surface area contributed by atoms with Crippen LogP contribution in [0.15, 0.2) is 182 Å². The minimum absolute atomic E-state index is 1.15. The highest BCUT2D eigenvalue weighted by Gasteiger charge is 2.19. The first-order chi connectivity index (χ1) is 24.8. The lowest BCUT2D eigenvalue weighted by molar-refractivity contribution is 1.18. The molecule has 0 aliphatic rings. The molecule has 0 fully saturated rings. The molecule has 0 aliphatic carbocycles. The van der Waals surface area contributed by atoms with Crippen molar-refractivity contribution < 1.29 is 0 Å². The Kier molecular flexibility index (Phi) is 5.70. The van der Waals surface area contributed by atoms with E-state index in [-0.39, 0.29) is 0 Å². The molecule has 0 bridgehead atoms. The van der Waals surface area contributed by atoms with Gasteiger partial charge in [-0.25, -0.2) is 0 Å². The van der Waals surface area contributed by atoms with E-state index in [0.29, 0.717) is 0 Å². The van der Waals surface area contributed by atoms with E-state index in [2.05, 4.69) is 191 Å². The van der Waals surface area contributed by atoms with Crippen LogP contribution < -0.4 is 0 Å². The summed E-state index contributed by atoms with van der Waals surface area (Å²) in [6.07, 6.45) is 0. The zero-order valence-electron chi connectivity index (χ0n) is 27.2. The fourth-order valence-electron chi connectivity index (χ4n) is 8.51. The highest BCUT2D eigenvalue weighted by atomic mass is 15.0. The van der Waals surface area contributed by atoms with Crippen LogP contribution >= 0.6 is 0 Å². The molecule has 11 rings (SSSR count). The topological polar surface area (TPSA) is 9.34 Å². The third-order valence-electron chi connectivity index (χ3n) is 10.7. The lowest BCUT2D eigenvalue weighted by Gasteiger charge is -2.10. The van der Waals surface area contributed by atoms with Crippen molar-refractivity contribution in [2.75, 3.05) is 0 Å². The van der Waals surface area contributed by atoms with Gasteiger partial charge in [-0.2, -0.15) is 0 Å². The maximum absolute atomic E-state index is 2.54. The Morgan fingerprint density at radius 2 is 0.720 bits per heavy atom. The number of benzene rings is 8. The summed E-state index contributed by atoms with van der Waals surface area (Å²) in [7, 11) is 0. The predicted octanol–water partition coefficient (Wildman–Crippen LogP) is 13.0. The lowest BCUT2D eigenvalue weighted by Crippen LogP contribution is -1.94. The second-order valence-electron chi connectivity index (χ2n) is 13.3. The van der Waals surface area contributed by atoms with Gasteiger partial charge >= 0.3 is 0 Å². The van der Waals surface area contributed by atoms with E-state index in [1.54, 1.807) is 0 Å². The summed E-state index contributed by atoms with van der Waals surface area (Å²) in [6.45, 7) is 0. The predicted molar refractivity (Wildman–Crippen MR) is 214 cm³/mol. The third kappa shape index (κ3) is 3.79. The second kappa shape index (κ2) is 10.4. The Morgan fingerprint density at radius 1 is 0.260 bits per heavy atom. The Labute approximate surface area is 288 Å². The summed E-state index contributed by atoms with van der Waals surface area (Å²) in [5.74, 6) is 0. The zero-order chi connectivity index (χ0) is 32.8. The third-order valence-corrected chi connectivity index (χ3v) is 10.7. The number of para-hydroxylation sites is 3. The van der Waals surface area contributed by atoms with Gasteiger partial charge in [0.2, 0.25) is 0 Å². The quantitative estimate of drug-likeness (QED) is 0.179. The van der Waals surface area contributed by atoms with Crippen molar-refractivity contribution in [3.8, 4) is 16.8 Å². The maximum atomic E-state index is 2.54. The summed E-state index contributed by atoms with van der Waals surface area (Å²) >= 11 is 0. The smallest absolute Gasteiger partial charge is 0.0619 e. The molecule has 0 amide bonds. The number of nitrogens with zero attached hydrogens (tertiary/aromatic N) is 2. The van der Waals surface area contributed by atoms with Gasteiger partial charge in [-0.15, -0.1) is 0 Å². The fourth-order valence-corrected chi connectivity index (χ4v) is 8.51. The summed E-state index contributed by atoms with van der Waals surface area (Å²) in [5, 5.41) is 12.5. The molecule has 3 heterocycles. The average Bonchev–Trinajstić information content (AvgIpc) is 3.70. The molecule has 2 nitrogen and oxygen atoms in total. The summed E-state index contributed by atoms with van der Waals surface area (Å²) in [6, 6.07) is 66.9. The Balaban J connectivity index is 1.35. The molecule has 232 valence electrons. The zero-order valence-corrected chi connectivity index (χ0v) is 27.2. The van der Waals surface area contributed by atoms with Gasteiger partial charge in [-0.1, -0.05) is 146 Å². The van der Waals surface area contributed by atoms with E-state index in [1.165, 1.54) is 92.6 Å². The second-order valence-corrected chi connectivity index (χ2v) is 13.3. The van der Waals surface area contributed by atoms with Crippen molar-refractivity contribution in [1.82, 2.24) is 8.97 Å². The molecule has 11 aromatic rings. The summed E-state index contributed by atoms with van der Waals surface area (Å²) in [4.78, 5) is 0. The van der Waals surface area contributed by atoms with Gasteiger partial charge in [0.15, 0.2) is 0 Å². The van der Waals surface area contributed by atoms with Crippen LogP contribution in [0.25, 0.3) is 98.3 Å². The molecule has 0 aliphatic heterocycles. The monoisotopic (exact) mass is 634 g/mol. The standard InChI is InChI=1S/C48H30N2/c1-2-13-31(14-3-1)32-25-27-33(28-26-32)49-44-23-10-9-20-39(44)42-29-43-41-22-12-21-40-37-18-7-5-16-35(37)34-15-4-6-17-36(34)38-19-8-11-24-45(38)50(48(40)41)47(43)30-46(42)49/h1-30H. The van der Waals surface area contributed by atoms with Crippen LogP contribution in [-0.4, -0.2) is 8.97 Å². The highest BCUT2D eigenvalue weighted by Crippen LogP contribution is 2.42. The number of fused-ring (bicyclic) bond motifs is 13. The molecule has 2 heteroatoms. The Hall–Kier alpha value is -6.64. The van der Waals surface area contributed by atoms with Gasteiger partial charge in [-0.3, -0.25) is 0 Å². The first-order valence-corrected chi connectivity index (χ1v) is 17.3. The SMILES string of the molecule is c1ccc(-c2ccc(-n3c4ccccc4c4cc5c6cccc7c8ccccc8c8ccccc8c8ccccc8n(c5cc43)c76)cc2)cc1. The van der Waals surface area contributed by atoms with Crippen LogP contribution in [0.3, 0.4) is 0 Å². The van der Waals surface area contributed by atoms with Gasteiger partial charge in [0, 0.05) is 38.0 Å². The van der Waals surface area contributed by atoms with Gasteiger partial charge in [0.25, 0.3) is 0 Å². The molecule has 0 unspecified atom stereocenters. The molecule has 0 saturated carbocycles. The maximum Gasteiger partial charge on any atom is 0.0619 e. The molecule has 0 N–H and O–H groups in total. The normalized spacial score (nSPS) is 12.0. The number of hydrogen-bond acceptors (Lipinski definition) is 0. The molecular weight excluding hydrogens is 605 g/mol.